The van der Waals surface area contributed by atoms with Gasteiger partial charge in [-0.25, -0.2) is 9.37 Å². The minimum absolute atomic E-state index is 0.323. The summed E-state index contributed by atoms with van der Waals surface area (Å²) in [6, 6.07) is 3.54. The van der Waals surface area contributed by atoms with Crippen molar-refractivity contribution in [1.29, 1.82) is 0 Å². The Bertz CT molecular complexity index is 653. The SMILES string of the molecule is Cn1ccc(-c2ncc(F)c3cc[nH]c23)n1. The summed E-state index contributed by atoms with van der Waals surface area (Å²) in [5, 5.41) is 4.79. The molecular formula is C11H9FN4. The van der Waals surface area contributed by atoms with Gasteiger partial charge in [0.2, 0.25) is 0 Å². The topological polar surface area (TPSA) is 46.5 Å². The summed E-state index contributed by atoms with van der Waals surface area (Å²) in [7, 11) is 1.83. The first-order valence-corrected chi connectivity index (χ1v) is 4.87. The number of halogens is 1. The number of fused-ring (bicyclic) bond motifs is 1. The molecule has 3 aromatic rings. The predicted octanol–water partition coefficient (Wildman–Crippen LogP) is 2.10. The average molecular weight is 216 g/mol. The molecule has 3 heterocycles. The number of nitrogens with one attached hydrogen (secondary N) is 1. The molecule has 0 saturated carbocycles. The van der Waals surface area contributed by atoms with Crippen LogP contribution in [0.2, 0.25) is 0 Å². The zero-order chi connectivity index (χ0) is 11.1. The zero-order valence-corrected chi connectivity index (χ0v) is 8.61. The third-order valence-corrected chi connectivity index (χ3v) is 2.50. The smallest absolute Gasteiger partial charge is 0.150 e. The van der Waals surface area contributed by atoms with E-state index in [0.29, 0.717) is 16.6 Å². The van der Waals surface area contributed by atoms with Gasteiger partial charge in [-0.2, -0.15) is 5.10 Å². The summed E-state index contributed by atoms with van der Waals surface area (Å²) in [6.45, 7) is 0. The molecule has 5 heteroatoms. The number of H-pyrrole nitrogens is 1. The number of rotatable bonds is 1. The van der Waals surface area contributed by atoms with Gasteiger partial charge in [0.05, 0.1) is 11.7 Å². The van der Waals surface area contributed by atoms with Crippen LogP contribution in [0.3, 0.4) is 0 Å². The highest BCUT2D eigenvalue weighted by molar-refractivity contribution is 5.91. The van der Waals surface area contributed by atoms with E-state index in [4.69, 9.17) is 0 Å². The standard InChI is InChI=1S/C11H9FN4/c1-16-5-3-9(15-16)11-10-7(2-4-13-10)8(12)6-14-11/h2-6,13H,1H3. The molecule has 0 fully saturated rings. The Morgan fingerprint density at radius 3 is 3.00 bits per heavy atom. The normalized spacial score (nSPS) is 11.1. The first-order valence-electron chi connectivity index (χ1n) is 4.87. The fraction of sp³-hybridized carbons (Fsp3) is 0.0909. The van der Waals surface area contributed by atoms with Gasteiger partial charge in [0.1, 0.15) is 11.4 Å². The maximum atomic E-state index is 13.4. The zero-order valence-electron chi connectivity index (χ0n) is 8.61. The summed E-state index contributed by atoms with van der Waals surface area (Å²) >= 11 is 0. The minimum atomic E-state index is -0.323. The van der Waals surface area contributed by atoms with E-state index in [1.165, 1.54) is 6.20 Å². The van der Waals surface area contributed by atoms with Crippen LogP contribution in [0.1, 0.15) is 0 Å². The van der Waals surface area contributed by atoms with E-state index in [2.05, 4.69) is 15.1 Å². The number of aryl methyl sites for hydroxylation is 1. The van der Waals surface area contributed by atoms with E-state index in [0.717, 1.165) is 5.69 Å². The Hall–Kier alpha value is -2.17. The van der Waals surface area contributed by atoms with E-state index in [1.807, 2.05) is 19.3 Å². The molecule has 0 radical (unpaired) electrons. The van der Waals surface area contributed by atoms with Crippen molar-refractivity contribution in [3.63, 3.8) is 0 Å². The van der Waals surface area contributed by atoms with Gasteiger partial charge in [-0.15, -0.1) is 0 Å². The lowest BCUT2D eigenvalue weighted by Crippen LogP contribution is -1.91. The number of nitrogens with zero attached hydrogens (tertiary/aromatic N) is 3. The lowest BCUT2D eigenvalue weighted by Gasteiger charge is -1.99. The van der Waals surface area contributed by atoms with E-state index in [-0.39, 0.29) is 5.82 Å². The molecule has 3 aromatic heterocycles. The van der Waals surface area contributed by atoms with E-state index < -0.39 is 0 Å². The molecule has 0 saturated heterocycles. The Kier molecular flexibility index (Phi) is 1.80. The number of aromatic amines is 1. The van der Waals surface area contributed by atoms with Gasteiger partial charge in [0.25, 0.3) is 0 Å². The van der Waals surface area contributed by atoms with Crippen LogP contribution in [0.4, 0.5) is 4.39 Å². The summed E-state index contributed by atoms with van der Waals surface area (Å²) in [5.74, 6) is -0.323. The summed E-state index contributed by atoms with van der Waals surface area (Å²) < 4.78 is 15.1. The van der Waals surface area contributed by atoms with Crippen LogP contribution in [-0.4, -0.2) is 19.7 Å². The molecule has 0 amide bonds. The van der Waals surface area contributed by atoms with Crippen LogP contribution in [0.25, 0.3) is 22.3 Å². The third-order valence-electron chi connectivity index (χ3n) is 2.50. The van der Waals surface area contributed by atoms with Gasteiger partial charge < -0.3 is 4.98 Å². The molecule has 0 aliphatic rings. The van der Waals surface area contributed by atoms with Crippen molar-refractivity contribution >= 4 is 10.9 Å². The number of hydrogen-bond donors (Lipinski definition) is 1. The van der Waals surface area contributed by atoms with Crippen molar-refractivity contribution in [2.45, 2.75) is 0 Å². The quantitative estimate of drug-likeness (QED) is 0.677. The van der Waals surface area contributed by atoms with Crippen LogP contribution < -0.4 is 0 Å². The van der Waals surface area contributed by atoms with E-state index in [9.17, 15) is 4.39 Å². The van der Waals surface area contributed by atoms with Crippen molar-refractivity contribution in [3.8, 4) is 11.4 Å². The molecule has 0 unspecified atom stereocenters. The fourth-order valence-corrected chi connectivity index (χ4v) is 1.76. The molecule has 1 N–H and O–H groups in total. The first kappa shape index (κ1) is 9.08. The Balaban J connectivity index is 2.32. The molecule has 0 aliphatic carbocycles. The number of hydrogen-bond acceptors (Lipinski definition) is 2. The van der Waals surface area contributed by atoms with Crippen molar-refractivity contribution in [1.82, 2.24) is 19.7 Å². The maximum Gasteiger partial charge on any atom is 0.150 e. The van der Waals surface area contributed by atoms with Crippen molar-refractivity contribution in [2.75, 3.05) is 0 Å². The van der Waals surface area contributed by atoms with Crippen molar-refractivity contribution < 1.29 is 4.39 Å². The van der Waals surface area contributed by atoms with Gasteiger partial charge in [0, 0.05) is 24.8 Å². The van der Waals surface area contributed by atoms with Gasteiger partial charge in [0.15, 0.2) is 5.82 Å². The summed E-state index contributed by atoms with van der Waals surface area (Å²) in [4.78, 5) is 7.07. The number of aromatic nitrogens is 4. The molecule has 3 rings (SSSR count). The first-order chi connectivity index (χ1) is 7.75. The van der Waals surface area contributed by atoms with Crippen LogP contribution in [0, 0.1) is 5.82 Å². The third kappa shape index (κ3) is 1.21. The van der Waals surface area contributed by atoms with Gasteiger partial charge in [-0.1, -0.05) is 0 Å². The lowest BCUT2D eigenvalue weighted by molar-refractivity contribution is 0.634. The van der Waals surface area contributed by atoms with E-state index in [1.54, 1.807) is 16.9 Å². The molecule has 0 spiro atoms. The lowest BCUT2D eigenvalue weighted by atomic mass is 10.2. The Morgan fingerprint density at radius 2 is 2.25 bits per heavy atom. The second-order valence-electron chi connectivity index (χ2n) is 3.60. The number of pyridine rings is 1. The molecule has 0 atom stereocenters. The highest BCUT2D eigenvalue weighted by Crippen LogP contribution is 2.25. The van der Waals surface area contributed by atoms with E-state index >= 15 is 0 Å². The monoisotopic (exact) mass is 216 g/mol. The summed E-state index contributed by atoms with van der Waals surface area (Å²) in [6.07, 6.45) is 4.75. The highest BCUT2D eigenvalue weighted by Gasteiger charge is 2.11. The molecule has 16 heavy (non-hydrogen) atoms. The van der Waals surface area contributed by atoms with Gasteiger partial charge >= 0.3 is 0 Å². The van der Waals surface area contributed by atoms with Gasteiger partial charge in [-0.05, 0) is 12.1 Å². The van der Waals surface area contributed by atoms with Crippen LogP contribution in [0.5, 0.6) is 0 Å². The highest BCUT2D eigenvalue weighted by atomic mass is 19.1. The van der Waals surface area contributed by atoms with Crippen molar-refractivity contribution in [3.05, 3.63) is 36.5 Å². The molecule has 0 aromatic carbocycles. The molecule has 0 aliphatic heterocycles. The maximum absolute atomic E-state index is 13.4. The molecule has 80 valence electrons. The Labute approximate surface area is 90.7 Å². The largest absolute Gasteiger partial charge is 0.359 e. The van der Waals surface area contributed by atoms with Crippen LogP contribution in [0.15, 0.2) is 30.7 Å². The Morgan fingerprint density at radius 1 is 1.38 bits per heavy atom. The molecule has 4 nitrogen and oxygen atoms in total. The van der Waals surface area contributed by atoms with Crippen molar-refractivity contribution in [2.24, 2.45) is 7.05 Å². The fourth-order valence-electron chi connectivity index (χ4n) is 1.76. The summed E-state index contributed by atoms with van der Waals surface area (Å²) in [5.41, 5.74) is 2.08. The predicted molar refractivity (Wildman–Crippen MR) is 58.3 cm³/mol. The molecule has 0 bridgehead atoms. The average Bonchev–Trinajstić information content (AvgIpc) is 2.87. The van der Waals surface area contributed by atoms with Gasteiger partial charge in [-0.3, -0.25) is 4.68 Å². The van der Waals surface area contributed by atoms with Crippen LogP contribution in [-0.2, 0) is 7.05 Å². The second kappa shape index (κ2) is 3.16. The second-order valence-corrected chi connectivity index (χ2v) is 3.60. The van der Waals surface area contributed by atoms with Crippen LogP contribution >= 0.6 is 0 Å². The minimum Gasteiger partial charge on any atom is -0.359 e. The molecular weight excluding hydrogens is 207 g/mol.